The van der Waals surface area contributed by atoms with Crippen molar-refractivity contribution in [2.24, 2.45) is 0 Å². The van der Waals surface area contributed by atoms with Crippen LogP contribution in [0.2, 0.25) is 5.02 Å². The molecule has 1 saturated heterocycles. The number of sulfonamides is 1. The molecule has 0 radical (unpaired) electrons. The highest BCUT2D eigenvalue weighted by molar-refractivity contribution is 7.89. The van der Waals surface area contributed by atoms with Crippen LogP contribution in [-0.2, 0) is 21.2 Å². The highest BCUT2D eigenvalue weighted by Crippen LogP contribution is 2.20. The van der Waals surface area contributed by atoms with Gasteiger partial charge in [-0.15, -0.1) is 0 Å². The molecule has 1 heterocycles. The number of carbonyl (C=O) groups excluding carboxylic acids is 1. The van der Waals surface area contributed by atoms with Crippen LogP contribution in [0, 0.1) is 5.82 Å². The second-order valence-electron chi connectivity index (χ2n) is 6.37. The van der Waals surface area contributed by atoms with Gasteiger partial charge in [-0.1, -0.05) is 23.7 Å². The van der Waals surface area contributed by atoms with Crippen LogP contribution in [-0.4, -0.2) is 49.7 Å². The maximum Gasteiger partial charge on any atom is 0.243 e. The lowest BCUT2D eigenvalue weighted by Crippen LogP contribution is -2.50. The summed E-state index contributed by atoms with van der Waals surface area (Å²) in [6.07, 6.45) is 0.845. The maximum atomic E-state index is 12.9. The van der Waals surface area contributed by atoms with Crippen molar-refractivity contribution in [1.82, 2.24) is 9.21 Å². The lowest BCUT2D eigenvalue weighted by molar-refractivity contribution is -0.132. The molecule has 2 aromatic carbocycles. The third-order valence-corrected chi connectivity index (χ3v) is 6.75. The van der Waals surface area contributed by atoms with Gasteiger partial charge in [-0.3, -0.25) is 4.79 Å². The smallest absolute Gasteiger partial charge is 0.243 e. The van der Waals surface area contributed by atoms with E-state index in [9.17, 15) is 17.6 Å². The molecule has 1 aliphatic heterocycles. The molecule has 8 heteroatoms. The van der Waals surface area contributed by atoms with Crippen molar-refractivity contribution >= 4 is 27.5 Å². The van der Waals surface area contributed by atoms with Gasteiger partial charge in [-0.25, -0.2) is 12.8 Å². The predicted molar refractivity (Wildman–Crippen MR) is 102 cm³/mol. The number of nitrogens with zero attached hydrogens (tertiary/aromatic N) is 2. The lowest BCUT2D eigenvalue weighted by Gasteiger charge is -2.34. The Labute approximate surface area is 163 Å². The van der Waals surface area contributed by atoms with E-state index in [0.717, 1.165) is 5.56 Å². The van der Waals surface area contributed by atoms with Crippen molar-refractivity contribution in [3.8, 4) is 0 Å². The molecular weight excluding hydrogens is 391 g/mol. The Hall–Kier alpha value is -1.96. The number of carbonyl (C=O) groups is 1. The number of piperazine rings is 1. The molecule has 1 amide bonds. The van der Waals surface area contributed by atoms with Gasteiger partial charge in [0.15, 0.2) is 0 Å². The Morgan fingerprint density at radius 2 is 1.56 bits per heavy atom. The van der Waals surface area contributed by atoms with E-state index in [1.165, 1.54) is 28.6 Å². The van der Waals surface area contributed by atoms with E-state index < -0.39 is 10.0 Å². The minimum absolute atomic E-state index is 0.0251. The molecule has 0 unspecified atom stereocenters. The quantitative estimate of drug-likeness (QED) is 0.761. The minimum atomic E-state index is -3.59. The molecule has 0 atom stereocenters. The van der Waals surface area contributed by atoms with Crippen LogP contribution >= 0.6 is 11.6 Å². The van der Waals surface area contributed by atoms with Gasteiger partial charge in [-0.05, 0) is 48.4 Å². The Morgan fingerprint density at radius 1 is 0.963 bits per heavy atom. The fourth-order valence-corrected chi connectivity index (χ4v) is 4.54. The molecule has 0 spiro atoms. The van der Waals surface area contributed by atoms with Crippen molar-refractivity contribution < 1.29 is 17.6 Å². The maximum absolute atomic E-state index is 12.9. The van der Waals surface area contributed by atoms with Gasteiger partial charge in [0, 0.05) is 37.6 Å². The van der Waals surface area contributed by atoms with Crippen LogP contribution in [0.1, 0.15) is 12.0 Å². The van der Waals surface area contributed by atoms with Crippen molar-refractivity contribution in [3.63, 3.8) is 0 Å². The van der Waals surface area contributed by atoms with Gasteiger partial charge < -0.3 is 4.90 Å². The van der Waals surface area contributed by atoms with Crippen molar-refractivity contribution in [2.75, 3.05) is 26.2 Å². The summed E-state index contributed by atoms with van der Waals surface area (Å²) in [4.78, 5) is 14.2. The molecule has 0 aromatic heterocycles. The molecule has 144 valence electrons. The van der Waals surface area contributed by atoms with E-state index in [-0.39, 0.29) is 29.7 Å². The van der Waals surface area contributed by atoms with Gasteiger partial charge in [-0.2, -0.15) is 4.31 Å². The van der Waals surface area contributed by atoms with Crippen LogP contribution in [0.25, 0.3) is 0 Å². The van der Waals surface area contributed by atoms with Crippen LogP contribution in [0.4, 0.5) is 4.39 Å². The average Bonchev–Trinajstić information content (AvgIpc) is 2.68. The Kier molecular flexibility index (Phi) is 6.14. The number of rotatable bonds is 5. The van der Waals surface area contributed by atoms with Crippen molar-refractivity contribution in [3.05, 3.63) is 64.9 Å². The van der Waals surface area contributed by atoms with Gasteiger partial charge in [0.2, 0.25) is 15.9 Å². The fourth-order valence-electron chi connectivity index (χ4n) is 2.99. The van der Waals surface area contributed by atoms with Gasteiger partial charge in [0.25, 0.3) is 0 Å². The Morgan fingerprint density at radius 3 is 2.15 bits per heavy atom. The monoisotopic (exact) mass is 410 g/mol. The van der Waals surface area contributed by atoms with Gasteiger partial charge >= 0.3 is 0 Å². The van der Waals surface area contributed by atoms with Crippen molar-refractivity contribution in [2.45, 2.75) is 17.7 Å². The van der Waals surface area contributed by atoms with Gasteiger partial charge in [0.05, 0.1) is 4.90 Å². The molecule has 2 aromatic rings. The Balaban J connectivity index is 1.54. The molecule has 1 aliphatic rings. The van der Waals surface area contributed by atoms with Crippen molar-refractivity contribution in [1.29, 1.82) is 0 Å². The molecule has 1 fully saturated rings. The largest absolute Gasteiger partial charge is 0.340 e. The van der Waals surface area contributed by atoms with E-state index in [1.54, 1.807) is 29.2 Å². The standard InChI is InChI=1S/C19H20ClFN2O3S/c20-16-4-8-18(9-5-16)27(25,26)23-13-11-22(12-14-23)19(24)10-3-15-1-6-17(21)7-2-15/h1-2,4-9H,3,10-14H2. The molecule has 0 N–H and O–H groups in total. The van der Waals surface area contributed by atoms with E-state index in [2.05, 4.69) is 0 Å². The highest BCUT2D eigenvalue weighted by Gasteiger charge is 2.29. The van der Waals surface area contributed by atoms with Crippen LogP contribution in [0.3, 0.4) is 0 Å². The van der Waals surface area contributed by atoms with E-state index >= 15 is 0 Å². The molecular formula is C19H20ClFN2O3S. The lowest BCUT2D eigenvalue weighted by atomic mass is 10.1. The zero-order valence-corrected chi connectivity index (χ0v) is 16.2. The third kappa shape index (κ3) is 4.86. The summed E-state index contributed by atoms with van der Waals surface area (Å²) in [5, 5.41) is 0.477. The van der Waals surface area contributed by atoms with Crippen LogP contribution in [0.15, 0.2) is 53.4 Å². The SMILES string of the molecule is O=C(CCc1ccc(F)cc1)N1CCN(S(=O)(=O)c2ccc(Cl)cc2)CC1. The molecule has 0 saturated carbocycles. The molecule has 0 aliphatic carbocycles. The van der Waals surface area contributed by atoms with Crippen LogP contribution in [0.5, 0.6) is 0 Å². The first-order valence-electron chi connectivity index (χ1n) is 8.64. The van der Waals surface area contributed by atoms with E-state index in [0.29, 0.717) is 31.0 Å². The number of aryl methyl sites for hydroxylation is 1. The van der Waals surface area contributed by atoms with E-state index in [1.807, 2.05) is 0 Å². The first-order chi connectivity index (χ1) is 12.9. The number of benzene rings is 2. The third-order valence-electron chi connectivity index (χ3n) is 4.58. The highest BCUT2D eigenvalue weighted by atomic mass is 35.5. The average molecular weight is 411 g/mol. The predicted octanol–water partition coefficient (Wildman–Crippen LogP) is 2.94. The summed E-state index contributed by atoms with van der Waals surface area (Å²) >= 11 is 5.81. The number of hydrogen-bond donors (Lipinski definition) is 0. The molecule has 27 heavy (non-hydrogen) atoms. The number of hydrogen-bond acceptors (Lipinski definition) is 3. The van der Waals surface area contributed by atoms with Crippen LogP contribution < -0.4 is 0 Å². The summed E-state index contributed by atoms with van der Waals surface area (Å²) in [6, 6.07) is 12.1. The summed E-state index contributed by atoms with van der Waals surface area (Å²) in [6.45, 7) is 1.23. The summed E-state index contributed by atoms with van der Waals surface area (Å²) in [7, 11) is -3.59. The number of halogens is 2. The summed E-state index contributed by atoms with van der Waals surface area (Å²) in [5.41, 5.74) is 0.897. The summed E-state index contributed by atoms with van der Waals surface area (Å²) < 4.78 is 39.6. The minimum Gasteiger partial charge on any atom is -0.340 e. The van der Waals surface area contributed by atoms with Gasteiger partial charge in [0.1, 0.15) is 5.82 Å². The second-order valence-corrected chi connectivity index (χ2v) is 8.74. The normalized spacial score (nSPS) is 15.7. The first-order valence-corrected chi connectivity index (χ1v) is 10.5. The molecule has 3 rings (SSSR count). The zero-order valence-electron chi connectivity index (χ0n) is 14.6. The topological polar surface area (TPSA) is 57.7 Å². The second kappa shape index (κ2) is 8.37. The van der Waals surface area contributed by atoms with E-state index in [4.69, 9.17) is 11.6 Å². The molecule has 5 nitrogen and oxygen atoms in total. The number of amides is 1. The fraction of sp³-hybridized carbons (Fsp3) is 0.316. The zero-order chi connectivity index (χ0) is 19.4. The summed E-state index contributed by atoms with van der Waals surface area (Å²) in [5.74, 6) is -0.328. The Bertz CT molecular complexity index is 894. The first kappa shape index (κ1) is 19.8. The molecule has 0 bridgehead atoms.